The molecule has 0 saturated carbocycles. The second kappa shape index (κ2) is 7.03. The first-order valence-electron chi connectivity index (χ1n) is 7.29. The van der Waals surface area contributed by atoms with E-state index in [9.17, 15) is 0 Å². The third-order valence-electron chi connectivity index (χ3n) is 3.91. The van der Waals surface area contributed by atoms with Crippen molar-refractivity contribution in [3.05, 3.63) is 18.0 Å². The van der Waals surface area contributed by atoms with Crippen molar-refractivity contribution in [1.82, 2.24) is 19.6 Å². The second-order valence-electron chi connectivity index (χ2n) is 5.76. The highest BCUT2D eigenvalue weighted by Gasteiger charge is 2.17. The third-order valence-corrected chi connectivity index (χ3v) is 3.91. The lowest BCUT2D eigenvalue weighted by atomic mass is 10.1. The molecule has 2 N–H and O–H groups in total. The average molecular weight is 265 g/mol. The zero-order valence-corrected chi connectivity index (χ0v) is 12.3. The van der Waals surface area contributed by atoms with Crippen molar-refractivity contribution in [3.8, 4) is 0 Å². The minimum atomic E-state index is 0.613. The average Bonchev–Trinajstić information content (AvgIpc) is 2.83. The molecule has 108 valence electrons. The van der Waals surface area contributed by atoms with E-state index in [4.69, 9.17) is 5.73 Å². The van der Waals surface area contributed by atoms with Crippen LogP contribution in [0.25, 0.3) is 0 Å². The normalized spacial score (nSPS) is 19.7. The van der Waals surface area contributed by atoms with Crippen molar-refractivity contribution in [3.63, 3.8) is 0 Å². The summed E-state index contributed by atoms with van der Waals surface area (Å²) < 4.78 is 1.88. The Balaban J connectivity index is 1.66. The SMILES string of the molecule is CC(CN)CN1CCN(CCc2cnn(C)c2)CC1. The molecule has 1 aliphatic heterocycles. The van der Waals surface area contributed by atoms with Crippen LogP contribution in [-0.4, -0.2) is 65.4 Å². The van der Waals surface area contributed by atoms with Gasteiger partial charge in [0.15, 0.2) is 0 Å². The molecule has 1 atom stereocenters. The number of aromatic nitrogens is 2. The molecule has 0 radical (unpaired) electrons. The van der Waals surface area contributed by atoms with Gasteiger partial charge in [0.2, 0.25) is 0 Å². The number of hydrogen-bond donors (Lipinski definition) is 1. The molecule has 1 fully saturated rings. The van der Waals surface area contributed by atoms with Crippen LogP contribution in [0.3, 0.4) is 0 Å². The summed E-state index contributed by atoms with van der Waals surface area (Å²) in [5.41, 5.74) is 7.02. The molecular weight excluding hydrogens is 238 g/mol. The van der Waals surface area contributed by atoms with Crippen molar-refractivity contribution in [2.45, 2.75) is 13.3 Å². The van der Waals surface area contributed by atoms with E-state index in [0.29, 0.717) is 5.92 Å². The first-order chi connectivity index (χ1) is 9.17. The van der Waals surface area contributed by atoms with Crippen molar-refractivity contribution < 1.29 is 0 Å². The Kier molecular flexibility index (Phi) is 5.36. The van der Waals surface area contributed by atoms with Crippen LogP contribution in [0, 0.1) is 5.92 Å². The highest BCUT2D eigenvalue weighted by atomic mass is 15.3. The summed E-state index contributed by atoms with van der Waals surface area (Å²) in [5.74, 6) is 0.613. The van der Waals surface area contributed by atoms with E-state index in [0.717, 1.165) is 26.1 Å². The molecule has 19 heavy (non-hydrogen) atoms. The summed E-state index contributed by atoms with van der Waals surface area (Å²) in [6, 6.07) is 0. The van der Waals surface area contributed by atoms with Gasteiger partial charge in [-0.15, -0.1) is 0 Å². The van der Waals surface area contributed by atoms with Crippen LogP contribution in [0.5, 0.6) is 0 Å². The molecule has 0 aliphatic carbocycles. The minimum absolute atomic E-state index is 0.613. The molecule has 0 amide bonds. The van der Waals surface area contributed by atoms with Gasteiger partial charge in [0, 0.05) is 52.5 Å². The van der Waals surface area contributed by atoms with Crippen LogP contribution in [0.15, 0.2) is 12.4 Å². The molecule has 1 saturated heterocycles. The first kappa shape index (κ1) is 14.5. The van der Waals surface area contributed by atoms with Gasteiger partial charge in [-0.05, 0) is 24.4 Å². The number of nitrogens with zero attached hydrogens (tertiary/aromatic N) is 4. The van der Waals surface area contributed by atoms with E-state index in [2.05, 4.69) is 28.0 Å². The van der Waals surface area contributed by atoms with Crippen LogP contribution in [0.4, 0.5) is 0 Å². The van der Waals surface area contributed by atoms with E-state index < -0.39 is 0 Å². The molecule has 5 nitrogen and oxygen atoms in total. The monoisotopic (exact) mass is 265 g/mol. The van der Waals surface area contributed by atoms with Crippen molar-refractivity contribution >= 4 is 0 Å². The van der Waals surface area contributed by atoms with Crippen molar-refractivity contribution in [2.24, 2.45) is 18.7 Å². The fourth-order valence-corrected chi connectivity index (χ4v) is 2.60. The fourth-order valence-electron chi connectivity index (χ4n) is 2.60. The first-order valence-corrected chi connectivity index (χ1v) is 7.29. The van der Waals surface area contributed by atoms with Gasteiger partial charge >= 0.3 is 0 Å². The Morgan fingerprint density at radius 2 is 1.95 bits per heavy atom. The topological polar surface area (TPSA) is 50.3 Å². The van der Waals surface area contributed by atoms with Gasteiger partial charge in [-0.2, -0.15) is 5.10 Å². The summed E-state index contributed by atoms with van der Waals surface area (Å²) in [6.45, 7) is 10.0. The molecule has 2 heterocycles. The van der Waals surface area contributed by atoms with Gasteiger partial charge in [0.1, 0.15) is 0 Å². The van der Waals surface area contributed by atoms with Gasteiger partial charge < -0.3 is 15.5 Å². The maximum absolute atomic E-state index is 5.69. The van der Waals surface area contributed by atoms with Crippen LogP contribution in [0.2, 0.25) is 0 Å². The Hall–Kier alpha value is -0.910. The number of piperazine rings is 1. The molecule has 0 bridgehead atoms. The predicted molar refractivity (Wildman–Crippen MR) is 78.0 cm³/mol. The van der Waals surface area contributed by atoms with Crippen LogP contribution < -0.4 is 5.73 Å². The van der Waals surface area contributed by atoms with Gasteiger partial charge in [0.05, 0.1) is 6.20 Å². The zero-order valence-electron chi connectivity index (χ0n) is 12.3. The smallest absolute Gasteiger partial charge is 0.0522 e. The number of aryl methyl sites for hydroxylation is 1. The lowest BCUT2D eigenvalue weighted by molar-refractivity contribution is 0.122. The van der Waals surface area contributed by atoms with E-state index in [-0.39, 0.29) is 0 Å². The fraction of sp³-hybridized carbons (Fsp3) is 0.786. The highest BCUT2D eigenvalue weighted by Crippen LogP contribution is 2.06. The quantitative estimate of drug-likeness (QED) is 0.797. The number of nitrogens with two attached hydrogens (primary N) is 1. The largest absolute Gasteiger partial charge is 0.330 e. The molecule has 2 rings (SSSR count). The van der Waals surface area contributed by atoms with Crippen molar-refractivity contribution in [1.29, 1.82) is 0 Å². The summed E-state index contributed by atoms with van der Waals surface area (Å²) in [4.78, 5) is 5.09. The van der Waals surface area contributed by atoms with Gasteiger partial charge in [-0.1, -0.05) is 6.92 Å². The maximum atomic E-state index is 5.69. The highest BCUT2D eigenvalue weighted by molar-refractivity contribution is 5.04. The van der Waals surface area contributed by atoms with E-state index in [1.165, 1.54) is 31.7 Å². The number of rotatable bonds is 6. The summed E-state index contributed by atoms with van der Waals surface area (Å²) in [5, 5.41) is 4.21. The van der Waals surface area contributed by atoms with Gasteiger partial charge in [-0.25, -0.2) is 0 Å². The molecule has 1 aromatic heterocycles. The van der Waals surface area contributed by atoms with Gasteiger partial charge in [-0.3, -0.25) is 4.68 Å². The minimum Gasteiger partial charge on any atom is -0.330 e. The van der Waals surface area contributed by atoms with Crippen LogP contribution >= 0.6 is 0 Å². The second-order valence-corrected chi connectivity index (χ2v) is 5.76. The predicted octanol–water partition coefficient (Wildman–Crippen LogP) is 0.175. The Bertz CT molecular complexity index is 368. The molecule has 0 aromatic carbocycles. The van der Waals surface area contributed by atoms with Crippen LogP contribution in [-0.2, 0) is 13.5 Å². The van der Waals surface area contributed by atoms with Crippen LogP contribution in [0.1, 0.15) is 12.5 Å². The van der Waals surface area contributed by atoms with E-state index in [1.807, 2.05) is 17.9 Å². The summed E-state index contributed by atoms with van der Waals surface area (Å²) in [7, 11) is 1.97. The molecule has 5 heteroatoms. The number of hydrogen-bond acceptors (Lipinski definition) is 4. The maximum Gasteiger partial charge on any atom is 0.0522 e. The summed E-state index contributed by atoms with van der Waals surface area (Å²) in [6.07, 6.45) is 5.19. The summed E-state index contributed by atoms with van der Waals surface area (Å²) >= 11 is 0. The molecule has 0 spiro atoms. The van der Waals surface area contributed by atoms with Gasteiger partial charge in [0.25, 0.3) is 0 Å². The van der Waals surface area contributed by atoms with E-state index in [1.54, 1.807) is 0 Å². The Morgan fingerprint density at radius 1 is 1.26 bits per heavy atom. The van der Waals surface area contributed by atoms with E-state index >= 15 is 0 Å². The lowest BCUT2D eigenvalue weighted by Gasteiger charge is -2.35. The molecular formula is C14H27N5. The Labute approximate surface area is 116 Å². The third kappa shape index (κ3) is 4.60. The van der Waals surface area contributed by atoms with Crippen molar-refractivity contribution in [2.75, 3.05) is 45.8 Å². The lowest BCUT2D eigenvalue weighted by Crippen LogP contribution is -2.48. The molecule has 1 aromatic rings. The zero-order chi connectivity index (χ0) is 13.7. The molecule has 1 unspecified atom stereocenters. The Morgan fingerprint density at radius 3 is 2.53 bits per heavy atom. The standard InChI is InChI=1S/C14H27N5/c1-13(9-15)11-19-7-5-18(6-8-19)4-3-14-10-16-17(2)12-14/h10,12-13H,3-9,11,15H2,1-2H3. The molecule has 1 aliphatic rings.